The van der Waals surface area contributed by atoms with Crippen LogP contribution in [0.15, 0.2) is 222 Å². The molecular formula is C55H44N2. The van der Waals surface area contributed by atoms with Crippen molar-refractivity contribution >= 4 is 62.0 Å². The largest absolute Gasteiger partial charge is 0.335 e. The van der Waals surface area contributed by atoms with Gasteiger partial charge in [0.05, 0.1) is 11.4 Å². The summed E-state index contributed by atoms with van der Waals surface area (Å²) >= 11 is 0. The van der Waals surface area contributed by atoms with Crippen LogP contribution < -0.4 is 4.90 Å². The van der Waals surface area contributed by atoms with Gasteiger partial charge < -0.3 is 4.90 Å². The van der Waals surface area contributed by atoms with Crippen LogP contribution in [0.1, 0.15) is 41.5 Å². The van der Waals surface area contributed by atoms with Crippen molar-refractivity contribution in [3.63, 3.8) is 0 Å². The van der Waals surface area contributed by atoms with Crippen LogP contribution in [0.5, 0.6) is 0 Å². The Bertz CT molecular complexity index is 2810. The van der Waals surface area contributed by atoms with Gasteiger partial charge in [-0.3, -0.25) is 4.99 Å². The van der Waals surface area contributed by atoms with Crippen LogP contribution in [-0.4, -0.2) is 6.72 Å². The van der Waals surface area contributed by atoms with Crippen molar-refractivity contribution in [2.45, 2.75) is 25.8 Å². The van der Waals surface area contributed by atoms with Gasteiger partial charge in [-0.2, -0.15) is 0 Å². The lowest BCUT2D eigenvalue weighted by Gasteiger charge is -2.26. The van der Waals surface area contributed by atoms with Crippen molar-refractivity contribution < 1.29 is 0 Å². The molecule has 57 heavy (non-hydrogen) atoms. The number of allylic oxidation sites excluding steroid dienone is 11. The summed E-state index contributed by atoms with van der Waals surface area (Å²) < 4.78 is 0. The topological polar surface area (TPSA) is 15.6 Å². The molecule has 0 aromatic heterocycles. The van der Waals surface area contributed by atoms with Crippen molar-refractivity contribution in [2.24, 2.45) is 4.99 Å². The lowest BCUT2D eigenvalue weighted by Crippen LogP contribution is -2.16. The van der Waals surface area contributed by atoms with Gasteiger partial charge in [0, 0.05) is 12.2 Å². The predicted octanol–water partition coefficient (Wildman–Crippen LogP) is 14.8. The molecule has 0 spiro atoms. The van der Waals surface area contributed by atoms with E-state index in [4.69, 9.17) is 6.58 Å². The first-order chi connectivity index (χ1) is 28.1. The molecule has 7 aromatic rings. The molecule has 0 heterocycles. The molecule has 0 N–H and O–H groups in total. The normalized spacial score (nSPS) is 14.8. The van der Waals surface area contributed by atoms with E-state index in [0.29, 0.717) is 6.54 Å². The molecule has 2 nitrogen and oxygen atoms in total. The second-order valence-corrected chi connectivity index (χ2v) is 14.8. The Morgan fingerprint density at radius 2 is 1.18 bits per heavy atom. The average Bonchev–Trinajstić information content (AvgIpc) is 3.29. The van der Waals surface area contributed by atoms with Crippen molar-refractivity contribution in [1.29, 1.82) is 0 Å². The Hall–Kier alpha value is -7.03. The average molecular weight is 733 g/mol. The van der Waals surface area contributed by atoms with Gasteiger partial charge in [0.15, 0.2) is 0 Å². The SMILES string of the molecule is C=Nc1ccccc1N(Cc1ccc(C2=CC/C(=C(\C3=CCCC=C3C(=C)c3ccc4ccccc4c3)c3ccc4ccccc4c3)C=C2)cc1)c1ccccc1. The number of fused-ring (bicyclic) bond motifs is 2. The maximum Gasteiger partial charge on any atom is 0.0859 e. The van der Waals surface area contributed by atoms with Crippen LogP contribution in [-0.2, 0) is 6.54 Å². The van der Waals surface area contributed by atoms with Crippen molar-refractivity contribution in [3.05, 3.63) is 240 Å². The molecule has 0 saturated heterocycles. The van der Waals surface area contributed by atoms with Gasteiger partial charge in [-0.15, -0.1) is 0 Å². The van der Waals surface area contributed by atoms with Gasteiger partial charge in [-0.1, -0.05) is 164 Å². The molecule has 0 fully saturated rings. The minimum Gasteiger partial charge on any atom is -0.335 e. The number of hydrogen-bond acceptors (Lipinski definition) is 2. The first kappa shape index (κ1) is 35.7. The first-order valence-electron chi connectivity index (χ1n) is 19.8. The second-order valence-electron chi connectivity index (χ2n) is 14.8. The van der Waals surface area contributed by atoms with E-state index in [9.17, 15) is 0 Å². The summed E-state index contributed by atoms with van der Waals surface area (Å²) in [4.78, 5) is 6.64. The minimum atomic E-state index is 0.711. The number of rotatable bonds is 10. The van der Waals surface area contributed by atoms with Gasteiger partial charge in [0.1, 0.15) is 0 Å². The second kappa shape index (κ2) is 16.0. The third-order valence-electron chi connectivity index (χ3n) is 11.3. The quantitative estimate of drug-likeness (QED) is 0.128. The van der Waals surface area contributed by atoms with Crippen LogP contribution in [0.2, 0.25) is 0 Å². The molecule has 0 aliphatic heterocycles. The van der Waals surface area contributed by atoms with E-state index in [1.807, 2.05) is 12.1 Å². The van der Waals surface area contributed by atoms with Crippen LogP contribution in [0, 0.1) is 0 Å². The van der Waals surface area contributed by atoms with Gasteiger partial charge in [0.2, 0.25) is 0 Å². The molecular weight excluding hydrogens is 689 g/mol. The van der Waals surface area contributed by atoms with Crippen molar-refractivity contribution in [3.8, 4) is 0 Å². The number of aliphatic imine (C=N–C) groups is 1. The van der Waals surface area contributed by atoms with Crippen molar-refractivity contribution in [2.75, 3.05) is 4.90 Å². The molecule has 0 amide bonds. The number of hydrogen-bond donors (Lipinski definition) is 0. The van der Waals surface area contributed by atoms with Crippen LogP contribution in [0.3, 0.4) is 0 Å². The maximum atomic E-state index is 4.72. The lowest BCUT2D eigenvalue weighted by atomic mass is 9.79. The molecule has 0 atom stereocenters. The Labute approximate surface area is 336 Å². The summed E-state index contributed by atoms with van der Waals surface area (Å²) in [5, 5.41) is 4.97. The molecule has 274 valence electrons. The summed E-state index contributed by atoms with van der Waals surface area (Å²) in [6.07, 6.45) is 14.7. The fourth-order valence-corrected chi connectivity index (χ4v) is 8.27. The van der Waals surface area contributed by atoms with Gasteiger partial charge in [0.25, 0.3) is 0 Å². The van der Waals surface area contributed by atoms with Crippen LogP contribution in [0.25, 0.3) is 38.3 Å². The predicted molar refractivity (Wildman–Crippen MR) is 245 cm³/mol. The molecule has 0 saturated carbocycles. The number of nitrogens with zero attached hydrogens (tertiary/aromatic N) is 2. The van der Waals surface area contributed by atoms with E-state index >= 15 is 0 Å². The summed E-state index contributed by atoms with van der Waals surface area (Å²) in [5.41, 5.74) is 15.2. The minimum absolute atomic E-state index is 0.711. The smallest absolute Gasteiger partial charge is 0.0859 e. The zero-order chi connectivity index (χ0) is 38.6. The summed E-state index contributed by atoms with van der Waals surface area (Å²) in [5.74, 6) is 0. The summed E-state index contributed by atoms with van der Waals surface area (Å²) in [7, 11) is 0. The molecule has 9 rings (SSSR count). The molecule has 2 aliphatic carbocycles. The van der Waals surface area contributed by atoms with E-state index < -0.39 is 0 Å². The monoisotopic (exact) mass is 732 g/mol. The van der Waals surface area contributed by atoms with E-state index in [0.717, 1.165) is 47.5 Å². The first-order valence-corrected chi connectivity index (χ1v) is 19.8. The number of anilines is 2. The molecule has 0 radical (unpaired) electrons. The molecule has 7 aromatic carbocycles. The Morgan fingerprint density at radius 1 is 0.561 bits per heavy atom. The fraction of sp³-hybridized carbons (Fsp3) is 0.0727. The van der Waals surface area contributed by atoms with E-state index in [1.165, 1.54) is 66.1 Å². The van der Waals surface area contributed by atoms with E-state index in [-0.39, 0.29) is 0 Å². The van der Waals surface area contributed by atoms with Crippen LogP contribution in [0.4, 0.5) is 17.1 Å². The Morgan fingerprint density at radius 3 is 1.86 bits per heavy atom. The summed E-state index contributed by atoms with van der Waals surface area (Å²) in [6, 6.07) is 58.5. The standard InChI is InChI=1S/C55H44N2/c1-39(46-34-30-41-14-6-8-16-47(41)36-46)51-20-10-11-21-52(51)55(49-35-31-42-15-7-9-17-48(42)37-49)45-32-28-44(29-33-45)43-26-24-40(25-27-43)38-57(50-18-4-3-5-19-50)54-23-13-12-22-53(54)56-2/h3-9,12-32,34-37H,1-2,10-11,33,38H2/b55-45-. The fourth-order valence-electron chi connectivity index (χ4n) is 8.27. The highest BCUT2D eigenvalue weighted by Gasteiger charge is 2.22. The Balaban J connectivity index is 1.04. The highest BCUT2D eigenvalue weighted by atomic mass is 15.1. The van der Waals surface area contributed by atoms with E-state index in [2.05, 4.69) is 199 Å². The number of para-hydroxylation sites is 3. The van der Waals surface area contributed by atoms with Gasteiger partial charge in [-0.25, -0.2) is 0 Å². The summed E-state index contributed by atoms with van der Waals surface area (Å²) in [6.45, 7) is 9.28. The highest BCUT2D eigenvalue weighted by Crippen LogP contribution is 2.43. The molecule has 0 bridgehead atoms. The molecule has 2 heteroatoms. The Kier molecular flexibility index (Phi) is 10.00. The third kappa shape index (κ3) is 7.38. The third-order valence-corrected chi connectivity index (χ3v) is 11.3. The van der Waals surface area contributed by atoms with E-state index in [1.54, 1.807) is 0 Å². The van der Waals surface area contributed by atoms with Crippen LogP contribution >= 0.6 is 0 Å². The van der Waals surface area contributed by atoms with Gasteiger partial charge >= 0.3 is 0 Å². The molecule has 0 unspecified atom stereocenters. The molecule has 2 aliphatic rings. The van der Waals surface area contributed by atoms with Gasteiger partial charge in [-0.05, 0) is 140 Å². The zero-order valence-electron chi connectivity index (χ0n) is 32.1. The van der Waals surface area contributed by atoms with Crippen molar-refractivity contribution in [1.82, 2.24) is 0 Å². The highest BCUT2D eigenvalue weighted by molar-refractivity contribution is 6.00. The lowest BCUT2D eigenvalue weighted by molar-refractivity contribution is 0.975. The number of benzene rings is 7. The maximum absolute atomic E-state index is 4.72. The zero-order valence-corrected chi connectivity index (χ0v) is 32.1.